The Morgan fingerprint density at radius 1 is 1.35 bits per heavy atom. The van der Waals surface area contributed by atoms with Gasteiger partial charge in [-0.15, -0.1) is 0 Å². The van der Waals surface area contributed by atoms with Gasteiger partial charge in [0, 0.05) is 6.07 Å². The fraction of sp³-hybridized carbons (Fsp3) is 0.545. The van der Waals surface area contributed by atoms with Gasteiger partial charge in [-0.05, 0) is 12.8 Å². The molecule has 1 amide bonds. The average molecular weight is 238 g/mol. The quantitative estimate of drug-likeness (QED) is 0.825. The zero-order valence-electron chi connectivity index (χ0n) is 9.31. The Morgan fingerprint density at radius 3 is 2.59 bits per heavy atom. The maximum atomic E-state index is 11.8. The molecule has 2 rings (SSSR count). The third-order valence-corrected chi connectivity index (χ3v) is 3.13. The molecule has 6 heteroatoms. The van der Waals surface area contributed by atoms with Crippen LogP contribution < -0.4 is 5.32 Å². The number of carboxylic acids is 1. The van der Waals surface area contributed by atoms with Crippen LogP contribution >= 0.6 is 0 Å². The summed E-state index contributed by atoms with van der Waals surface area (Å²) in [6, 6.07) is 1.41. The van der Waals surface area contributed by atoms with Crippen LogP contribution in [0.4, 0.5) is 0 Å². The second-order valence-electron chi connectivity index (χ2n) is 4.28. The summed E-state index contributed by atoms with van der Waals surface area (Å²) in [5, 5.41) is 15.3. The largest absolute Gasteiger partial charge is 0.480 e. The van der Waals surface area contributed by atoms with Gasteiger partial charge in [0.1, 0.15) is 5.54 Å². The fourth-order valence-electron chi connectivity index (χ4n) is 2.16. The molecule has 1 heterocycles. The minimum atomic E-state index is -1.15. The number of hydrogen-bond donors (Lipinski definition) is 2. The predicted molar refractivity (Wildman–Crippen MR) is 57.4 cm³/mol. The lowest BCUT2D eigenvalue weighted by molar-refractivity contribution is -0.145. The molecule has 2 N–H and O–H groups in total. The molecule has 0 spiro atoms. The fourth-order valence-corrected chi connectivity index (χ4v) is 2.16. The summed E-state index contributed by atoms with van der Waals surface area (Å²) in [6.07, 6.45) is 4.90. The van der Waals surface area contributed by atoms with Crippen LogP contribution in [-0.2, 0) is 4.79 Å². The van der Waals surface area contributed by atoms with Gasteiger partial charge < -0.3 is 14.9 Å². The van der Waals surface area contributed by atoms with Gasteiger partial charge in [-0.3, -0.25) is 4.79 Å². The van der Waals surface area contributed by atoms with Crippen LogP contribution in [0.25, 0.3) is 0 Å². The topological polar surface area (TPSA) is 92.4 Å². The van der Waals surface area contributed by atoms with Gasteiger partial charge in [-0.25, -0.2) is 4.79 Å². The van der Waals surface area contributed by atoms with Gasteiger partial charge in [0.15, 0.2) is 0 Å². The lowest BCUT2D eigenvalue weighted by atomic mass is 9.81. The first kappa shape index (κ1) is 11.6. The van der Waals surface area contributed by atoms with Crippen molar-refractivity contribution in [1.82, 2.24) is 10.5 Å². The zero-order chi connectivity index (χ0) is 12.3. The van der Waals surface area contributed by atoms with Crippen molar-refractivity contribution < 1.29 is 19.2 Å². The first-order valence-corrected chi connectivity index (χ1v) is 5.61. The van der Waals surface area contributed by atoms with E-state index in [2.05, 4.69) is 10.5 Å². The van der Waals surface area contributed by atoms with E-state index in [0.29, 0.717) is 12.8 Å². The maximum Gasteiger partial charge on any atom is 0.329 e. The maximum absolute atomic E-state index is 11.8. The highest BCUT2D eigenvalue weighted by atomic mass is 16.5. The smallest absolute Gasteiger partial charge is 0.329 e. The van der Waals surface area contributed by atoms with Crippen molar-refractivity contribution in [1.29, 1.82) is 0 Å². The number of rotatable bonds is 3. The van der Waals surface area contributed by atoms with Gasteiger partial charge in [0.2, 0.25) is 5.76 Å². The molecule has 0 aliphatic heterocycles. The lowest BCUT2D eigenvalue weighted by Crippen LogP contribution is -2.55. The van der Waals surface area contributed by atoms with Crippen LogP contribution in [0.5, 0.6) is 0 Å². The number of hydrogen-bond acceptors (Lipinski definition) is 4. The molecule has 6 nitrogen and oxygen atoms in total. The number of carboxylic acid groups (broad SMARTS) is 1. The Morgan fingerprint density at radius 2 is 2.06 bits per heavy atom. The lowest BCUT2D eigenvalue weighted by Gasteiger charge is -2.33. The van der Waals surface area contributed by atoms with E-state index in [1.807, 2.05) is 0 Å². The van der Waals surface area contributed by atoms with Gasteiger partial charge in [0.05, 0.1) is 6.20 Å². The molecule has 17 heavy (non-hydrogen) atoms. The first-order chi connectivity index (χ1) is 8.14. The van der Waals surface area contributed by atoms with E-state index in [9.17, 15) is 14.7 Å². The first-order valence-electron chi connectivity index (χ1n) is 5.61. The average Bonchev–Trinajstić information content (AvgIpc) is 2.83. The second kappa shape index (κ2) is 4.57. The van der Waals surface area contributed by atoms with Gasteiger partial charge in [-0.2, -0.15) is 0 Å². The zero-order valence-corrected chi connectivity index (χ0v) is 9.31. The third-order valence-electron chi connectivity index (χ3n) is 3.13. The molecule has 1 aliphatic rings. The number of amides is 1. The van der Waals surface area contributed by atoms with Gasteiger partial charge >= 0.3 is 5.97 Å². The standard InChI is InChI=1S/C11H14N2O4/c14-9(8-4-7-12-17-8)13-11(10(15)16)5-2-1-3-6-11/h4,7H,1-3,5-6H2,(H,13,14)(H,15,16). The second-order valence-corrected chi connectivity index (χ2v) is 4.28. The minimum Gasteiger partial charge on any atom is -0.480 e. The number of carbonyl (C=O) groups excluding carboxylic acids is 1. The van der Waals surface area contributed by atoms with E-state index in [1.54, 1.807) is 0 Å². The Kier molecular flexibility index (Phi) is 3.12. The van der Waals surface area contributed by atoms with Crippen molar-refractivity contribution in [3.63, 3.8) is 0 Å². The van der Waals surface area contributed by atoms with Crippen molar-refractivity contribution in [3.05, 3.63) is 18.0 Å². The molecule has 1 saturated carbocycles. The van der Waals surface area contributed by atoms with Crippen molar-refractivity contribution in [2.24, 2.45) is 0 Å². The molecule has 0 radical (unpaired) electrons. The number of nitrogens with one attached hydrogen (secondary N) is 1. The van der Waals surface area contributed by atoms with Gasteiger partial charge in [-0.1, -0.05) is 24.4 Å². The predicted octanol–water partition coefficient (Wildman–Crippen LogP) is 1.19. The third kappa shape index (κ3) is 2.30. The van der Waals surface area contributed by atoms with Crippen molar-refractivity contribution in [3.8, 4) is 0 Å². The Balaban J connectivity index is 2.13. The molecule has 0 atom stereocenters. The van der Waals surface area contributed by atoms with Crippen LogP contribution in [0, 0.1) is 0 Å². The van der Waals surface area contributed by atoms with E-state index in [1.165, 1.54) is 12.3 Å². The van der Waals surface area contributed by atoms with E-state index in [0.717, 1.165) is 19.3 Å². The van der Waals surface area contributed by atoms with Gasteiger partial charge in [0.25, 0.3) is 5.91 Å². The summed E-state index contributed by atoms with van der Waals surface area (Å²) in [6.45, 7) is 0. The summed E-state index contributed by atoms with van der Waals surface area (Å²) in [7, 11) is 0. The van der Waals surface area contributed by atoms with Crippen molar-refractivity contribution >= 4 is 11.9 Å². The normalized spacial score (nSPS) is 18.6. The summed E-state index contributed by atoms with van der Waals surface area (Å²) in [4.78, 5) is 23.1. The summed E-state index contributed by atoms with van der Waals surface area (Å²) >= 11 is 0. The van der Waals surface area contributed by atoms with Crippen LogP contribution in [0.1, 0.15) is 42.7 Å². The molecular formula is C11H14N2O4. The highest BCUT2D eigenvalue weighted by molar-refractivity contribution is 5.95. The van der Waals surface area contributed by atoms with E-state index in [-0.39, 0.29) is 5.76 Å². The molecular weight excluding hydrogens is 224 g/mol. The Bertz CT molecular complexity index is 407. The molecule has 0 bridgehead atoms. The van der Waals surface area contributed by atoms with Crippen LogP contribution in [0.3, 0.4) is 0 Å². The molecule has 0 saturated heterocycles. The molecule has 92 valence electrons. The molecule has 0 aromatic carbocycles. The molecule has 1 aromatic rings. The number of carbonyl (C=O) groups is 2. The molecule has 0 unspecified atom stereocenters. The monoisotopic (exact) mass is 238 g/mol. The number of nitrogens with zero attached hydrogens (tertiary/aromatic N) is 1. The van der Waals surface area contributed by atoms with E-state index >= 15 is 0 Å². The summed E-state index contributed by atoms with van der Waals surface area (Å²) in [5.74, 6) is -1.46. The number of aromatic nitrogens is 1. The minimum absolute atomic E-state index is 0.0381. The molecule has 1 fully saturated rings. The van der Waals surface area contributed by atoms with E-state index in [4.69, 9.17) is 4.52 Å². The van der Waals surface area contributed by atoms with Crippen LogP contribution in [0.2, 0.25) is 0 Å². The SMILES string of the molecule is O=C(NC1(C(=O)O)CCCCC1)c1ccno1. The summed E-state index contributed by atoms with van der Waals surface area (Å²) in [5.41, 5.74) is -1.15. The Hall–Kier alpha value is -1.85. The molecule has 1 aliphatic carbocycles. The number of aliphatic carboxylic acids is 1. The highest BCUT2D eigenvalue weighted by Gasteiger charge is 2.41. The highest BCUT2D eigenvalue weighted by Crippen LogP contribution is 2.28. The van der Waals surface area contributed by atoms with E-state index < -0.39 is 17.4 Å². The summed E-state index contributed by atoms with van der Waals surface area (Å²) < 4.78 is 4.71. The van der Waals surface area contributed by atoms with Crippen LogP contribution in [0.15, 0.2) is 16.8 Å². The van der Waals surface area contributed by atoms with Crippen molar-refractivity contribution in [2.75, 3.05) is 0 Å². The molecule has 1 aromatic heterocycles. The Labute approximate surface area is 98.0 Å². The van der Waals surface area contributed by atoms with Crippen LogP contribution in [-0.4, -0.2) is 27.7 Å². The van der Waals surface area contributed by atoms with Crippen molar-refractivity contribution in [2.45, 2.75) is 37.6 Å².